The monoisotopic (exact) mass is 277 g/mol. The van der Waals surface area contributed by atoms with Crippen molar-refractivity contribution in [3.63, 3.8) is 0 Å². The summed E-state index contributed by atoms with van der Waals surface area (Å²) in [4.78, 5) is 0. The zero-order valence-corrected chi connectivity index (χ0v) is 12.0. The lowest BCUT2D eigenvalue weighted by atomic mass is 9.90. The first-order valence-corrected chi connectivity index (χ1v) is 8.34. The van der Waals surface area contributed by atoms with Crippen LogP contribution in [0.2, 0.25) is 0 Å². The van der Waals surface area contributed by atoms with Crippen molar-refractivity contribution in [3.8, 4) is 0 Å². The second-order valence-corrected chi connectivity index (χ2v) is 7.32. The molecule has 2 aliphatic rings. The van der Waals surface area contributed by atoms with Gasteiger partial charge in [-0.2, -0.15) is 0 Å². The molecule has 0 aromatic rings. The molecule has 18 heavy (non-hydrogen) atoms. The first-order chi connectivity index (χ1) is 8.49. The quantitative estimate of drug-likeness (QED) is 0.778. The largest absolute Gasteiger partial charge is 0.348 e. The third-order valence-corrected chi connectivity index (χ3v) is 6.05. The Bertz CT molecular complexity index is 366. The molecule has 0 amide bonds. The Morgan fingerprint density at radius 2 is 1.78 bits per heavy atom. The first-order valence-electron chi connectivity index (χ1n) is 6.73. The summed E-state index contributed by atoms with van der Waals surface area (Å²) >= 11 is 0. The van der Waals surface area contributed by atoms with Crippen LogP contribution in [0.25, 0.3) is 0 Å². The summed E-state index contributed by atoms with van der Waals surface area (Å²) in [6, 6.07) is 0.0972. The van der Waals surface area contributed by atoms with Gasteiger partial charge in [0.25, 0.3) is 0 Å². The van der Waals surface area contributed by atoms with Crippen LogP contribution < -0.4 is 0 Å². The Balaban J connectivity index is 1.93. The lowest BCUT2D eigenvalue weighted by molar-refractivity contribution is -0.181. The first kappa shape index (κ1) is 14.2. The van der Waals surface area contributed by atoms with Crippen molar-refractivity contribution < 1.29 is 17.9 Å². The summed E-state index contributed by atoms with van der Waals surface area (Å²) in [5, 5.41) is 0. The standard InChI is InChI=1S/C12H23NO4S/c1-3-10-18(14,15)13(2)11-4-6-12(7-5-11)16-8-9-17-12/h11H,3-10H2,1-2H3. The molecule has 6 heteroatoms. The fourth-order valence-corrected chi connectivity index (χ4v) is 4.29. The van der Waals surface area contributed by atoms with E-state index in [1.165, 1.54) is 0 Å². The number of nitrogens with zero attached hydrogens (tertiary/aromatic N) is 1. The predicted molar refractivity (Wildman–Crippen MR) is 68.7 cm³/mol. The summed E-state index contributed by atoms with van der Waals surface area (Å²) in [5.74, 6) is -0.177. The average molecular weight is 277 g/mol. The van der Waals surface area contributed by atoms with E-state index in [0.29, 0.717) is 19.6 Å². The number of rotatable bonds is 4. The Hall–Kier alpha value is -0.170. The molecule has 0 bridgehead atoms. The topological polar surface area (TPSA) is 55.8 Å². The van der Waals surface area contributed by atoms with Crippen molar-refractivity contribution in [2.75, 3.05) is 26.0 Å². The molecule has 1 heterocycles. The van der Waals surface area contributed by atoms with E-state index in [-0.39, 0.29) is 11.8 Å². The van der Waals surface area contributed by atoms with E-state index in [1.54, 1.807) is 11.4 Å². The Morgan fingerprint density at radius 1 is 1.22 bits per heavy atom. The van der Waals surface area contributed by atoms with Gasteiger partial charge in [-0.15, -0.1) is 0 Å². The molecule has 2 fully saturated rings. The summed E-state index contributed by atoms with van der Waals surface area (Å²) in [7, 11) is -1.39. The lowest BCUT2D eigenvalue weighted by Gasteiger charge is -2.38. The minimum Gasteiger partial charge on any atom is -0.348 e. The molecule has 0 aromatic carbocycles. The highest BCUT2D eigenvalue weighted by atomic mass is 32.2. The molecule has 0 aromatic heterocycles. The van der Waals surface area contributed by atoms with Gasteiger partial charge in [-0.05, 0) is 19.3 Å². The number of hydrogen-bond donors (Lipinski definition) is 0. The van der Waals surface area contributed by atoms with E-state index < -0.39 is 15.8 Å². The minimum absolute atomic E-state index is 0.0972. The third-order valence-electron chi connectivity index (χ3n) is 3.95. The van der Waals surface area contributed by atoms with Gasteiger partial charge in [-0.25, -0.2) is 12.7 Å². The van der Waals surface area contributed by atoms with Crippen LogP contribution in [0.15, 0.2) is 0 Å². The summed E-state index contributed by atoms with van der Waals surface area (Å²) in [6.45, 7) is 3.21. The second kappa shape index (κ2) is 5.45. The average Bonchev–Trinajstić information content (AvgIpc) is 2.78. The SMILES string of the molecule is CCCS(=O)(=O)N(C)C1CCC2(CC1)OCCO2. The van der Waals surface area contributed by atoms with Crippen LogP contribution in [0.5, 0.6) is 0 Å². The van der Waals surface area contributed by atoms with Crippen LogP contribution >= 0.6 is 0 Å². The van der Waals surface area contributed by atoms with Crippen molar-refractivity contribution in [3.05, 3.63) is 0 Å². The summed E-state index contributed by atoms with van der Waals surface area (Å²) in [6.07, 6.45) is 3.89. The number of hydrogen-bond acceptors (Lipinski definition) is 4. The molecule has 1 saturated carbocycles. The smallest absolute Gasteiger partial charge is 0.214 e. The van der Waals surface area contributed by atoms with Gasteiger partial charge in [0.15, 0.2) is 5.79 Å². The Kier molecular flexibility index (Phi) is 4.31. The molecule has 0 radical (unpaired) electrons. The maximum absolute atomic E-state index is 12.0. The highest BCUT2D eigenvalue weighted by Crippen LogP contribution is 2.37. The molecule has 0 atom stereocenters. The van der Waals surface area contributed by atoms with E-state index in [1.807, 2.05) is 6.92 Å². The van der Waals surface area contributed by atoms with Gasteiger partial charge >= 0.3 is 0 Å². The summed E-state index contributed by atoms with van der Waals surface area (Å²) < 4.78 is 36.9. The Labute approximate surface area is 109 Å². The van der Waals surface area contributed by atoms with Gasteiger partial charge in [-0.1, -0.05) is 6.92 Å². The molecule has 5 nitrogen and oxygen atoms in total. The van der Waals surface area contributed by atoms with Crippen molar-refractivity contribution >= 4 is 10.0 Å². The van der Waals surface area contributed by atoms with Crippen LogP contribution in [-0.4, -0.2) is 50.6 Å². The molecule has 0 N–H and O–H groups in total. The summed E-state index contributed by atoms with van der Waals surface area (Å²) in [5.41, 5.74) is 0. The van der Waals surface area contributed by atoms with Crippen molar-refractivity contribution in [2.45, 2.75) is 50.9 Å². The molecule has 1 aliphatic carbocycles. The lowest BCUT2D eigenvalue weighted by Crippen LogP contribution is -2.45. The molecule has 2 rings (SSSR count). The third kappa shape index (κ3) is 2.87. The number of ether oxygens (including phenoxy) is 2. The van der Waals surface area contributed by atoms with E-state index in [4.69, 9.17) is 9.47 Å². The zero-order valence-electron chi connectivity index (χ0n) is 11.2. The van der Waals surface area contributed by atoms with Gasteiger partial charge in [0.05, 0.1) is 19.0 Å². The van der Waals surface area contributed by atoms with E-state index in [9.17, 15) is 8.42 Å². The van der Waals surface area contributed by atoms with Crippen LogP contribution in [0.4, 0.5) is 0 Å². The van der Waals surface area contributed by atoms with Crippen molar-refractivity contribution in [2.24, 2.45) is 0 Å². The van der Waals surface area contributed by atoms with E-state index in [0.717, 1.165) is 25.7 Å². The fraction of sp³-hybridized carbons (Fsp3) is 1.00. The van der Waals surface area contributed by atoms with Gasteiger partial charge in [0.1, 0.15) is 0 Å². The van der Waals surface area contributed by atoms with Crippen LogP contribution in [0, 0.1) is 0 Å². The van der Waals surface area contributed by atoms with E-state index >= 15 is 0 Å². The predicted octanol–water partition coefficient (Wildman–Crippen LogP) is 1.34. The maximum Gasteiger partial charge on any atom is 0.214 e. The Morgan fingerprint density at radius 3 is 2.28 bits per heavy atom. The molecular formula is C12H23NO4S. The molecule has 1 saturated heterocycles. The normalized spacial score (nSPS) is 25.1. The van der Waals surface area contributed by atoms with Crippen LogP contribution in [-0.2, 0) is 19.5 Å². The second-order valence-electron chi connectivity index (χ2n) is 5.17. The molecule has 0 unspecified atom stereocenters. The molecule has 1 spiro atoms. The van der Waals surface area contributed by atoms with E-state index in [2.05, 4.69) is 0 Å². The van der Waals surface area contributed by atoms with Gasteiger partial charge in [0, 0.05) is 25.9 Å². The highest BCUT2D eigenvalue weighted by molar-refractivity contribution is 7.89. The molecular weight excluding hydrogens is 254 g/mol. The van der Waals surface area contributed by atoms with Crippen LogP contribution in [0.1, 0.15) is 39.0 Å². The number of sulfonamides is 1. The van der Waals surface area contributed by atoms with Gasteiger partial charge in [0.2, 0.25) is 10.0 Å². The van der Waals surface area contributed by atoms with Crippen LogP contribution in [0.3, 0.4) is 0 Å². The highest BCUT2D eigenvalue weighted by Gasteiger charge is 2.42. The van der Waals surface area contributed by atoms with Gasteiger partial charge < -0.3 is 9.47 Å². The minimum atomic E-state index is -3.09. The molecule has 1 aliphatic heterocycles. The molecule has 106 valence electrons. The van der Waals surface area contributed by atoms with Crippen molar-refractivity contribution in [1.82, 2.24) is 4.31 Å². The van der Waals surface area contributed by atoms with Crippen molar-refractivity contribution in [1.29, 1.82) is 0 Å². The zero-order chi connectivity index (χ0) is 13.2. The van der Waals surface area contributed by atoms with Gasteiger partial charge in [-0.3, -0.25) is 0 Å². The maximum atomic E-state index is 12.0. The fourth-order valence-electron chi connectivity index (χ4n) is 2.82.